The van der Waals surface area contributed by atoms with E-state index in [1.54, 1.807) is 18.2 Å². The Balaban J connectivity index is 0.00000231. The van der Waals surface area contributed by atoms with Crippen molar-refractivity contribution in [3.8, 4) is 11.1 Å². The molecule has 2 aliphatic rings. The third kappa shape index (κ3) is 3.90. The highest BCUT2D eigenvalue weighted by molar-refractivity contribution is 6.01. The van der Waals surface area contributed by atoms with Gasteiger partial charge in [0.05, 0.1) is 29.8 Å². The molecule has 31 heavy (non-hydrogen) atoms. The summed E-state index contributed by atoms with van der Waals surface area (Å²) in [6, 6.07) is 9.03. The fraction of sp³-hybridized carbons (Fsp3) is 0.364. The van der Waals surface area contributed by atoms with Gasteiger partial charge in [0.25, 0.3) is 0 Å². The van der Waals surface area contributed by atoms with Crippen molar-refractivity contribution in [2.45, 2.75) is 38.0 Å². The van der Waals surface area contributed by atoms with E-state index in [0.717, 1.165) is 35.7 Å². The maximum absolute atomic E-state index is 13.5. The van der Waals surface area contributed by atoms with Crippen LogP contribution >= 0.6 is 12.4 Å². The third-order valence-corrected chi connectivity index (χ3v) is 5.85. The molecule has 2 aliphatic heterocycles. The van der Waals surface area contributed by atoms with Crippen molar-refractivity contribution in [3.05, 3.63) is 53.3 Å². The normalized spacial score (nSPS) is 18.0. The standard InChI is InChI=1S/C22H20F3N3O2.ClH/c1-13-10-14(15-4-2-3-5-16(15)22(23,24)25)11-17-19(13)27-20(26-17)18-12-21(30-28-18)6-8-29-9-7-21;/h2-5,10-11H,6-9,12H2,1H3,(H,26,27);1H. The van der Waals surface area contributed by atoms with E-state index in [-0.39, 0.29) is 23.6 Å². The molecular formula is C22H21ClF3N3O2. The lowest BCUT2D eigenvalue weighted by atomic mass is 9.89. The molecule has 3 aromatic rings. The molecule has 0 bridgehead atoms. The molecule has 0 amide bonds. The zero-order chi connectivity index (χ0) is 20.9. The number of oxime groups is 1. The Morgan fingerprint density at radius 2 is 1.84 bits per heavy atom. The minimum absolute atomic E-state index is 0. The first-order valence-corrected chi connectivity index (χ1v) is 9.85. The lowest BCUT2D eigenvalue weighted by Gasteiger charge is -2.30. The molecule has 0 saturated carbocycles. The summed E-state index contributed by atoms with van der Waals surface area (Å²) in [5, 5.41) is 4.25. The quantitative estimate of drug-likeness (QED) is 0.547. The Hall–Kier alpha value is -2.58. The van der Waals surface area contributed by atoms with Crippen LogP contribution in [0.1, 0.15) is 36.2 Å². The van der Waals surface area contributed by atoms with Crippen molar-refractivity contribution >= 4 is 29.2 Å². The van der Waals surface area contributed by atoms with Crippen LogP contribution in [-0.2, 0) is 15.8 Å². The summed E-state index contributed by atoms with van der Waals surface area (Å²) in [4.78, 5) is 13.7. The van der Waals surface area contributed by atoms with Crippen molar-refractivity contribution in [3.63, 3.8) is 0 Å². The highest BCUT2D eigenvalue weighted by atomic mass is 35.5. The lowest BCUT2D eigenvalue weighted by molar-refractivity contribution is -0.137. The average molecular weight is 452 g/mol. The summed E-state index contributed by atoms with van der Waals surface area (Å²) in [6.07, 6.45) is -2.24. The maximum Gasteiger partial charge on any atom is 0.417 e. The monoisotopic (exact) mass is 451 g/mol. The number of ether oxygens (including phenoxy) is 1. The molecule has 164 valence electrons. The van der Waals surface area contributed by atoms with Crippen molar-refractivity contribution in [2.24, 2.45) is 5.16 Å². The van der Waals surface area contributed by atoms with Gasteiger partial charge in [-0.15, -0.1) is 12.4 Å². The molecule has 1 fully saturated rings. The molecule has 5 nitrogen and oxygen atoms in total. The predicted octanol–water partition coefficient (Wildman–Crippen LogP) is 5.65. The molecule has 3 heterocycles. The zero-order valence-corrected chi connectivity index (χ0v) is 17.6. The van der Waals surface area contributed by atoms with Gasteiger partial charge in [0.2, 0.25) is 0 Å². The number of imidazole rings is 1. The van der Waals surface area contributed by atoms with Crippen LogP contribution in [-0.4, -0.2) is 34.5 Å². The van der Waals surface area contributed by atoms with Crippen molar-refractivity contribution in [2.75, 3.05) is 13.2 Å². The highest BCUT2D eigenvalue weighted by Gasteiger charge is 2.42. The Kier molecular flexibility index (Phi) is 5.47. The number of H-pyrrole nitrogens is 1. The number of aryl methyl sites for hydroxylation is 1. The smallest absolute Gasteiger partial charge is 0.388 e. The molecule has 0 unspecified atom stereocenters. The molecule has 1 N–H and O–H groups in total. The fourth-order valence-corrected chi connectivity index (χ4v) is 4.22. The number of benzene rings is 2. The minimum Gasteiger partial charge on any atom is -0.388 e. The zero-order valence-electron chi connectivity index (χ0n) is 16.8. The molecule has 9 heteroatoms. The van der Waals surface area contributed by atoms with Gasteiger partial charge in [0.1, 0.15) is 11.3 Å². The van der Waals surface area contributed by atoms with Crippen LogP contribution in [0.4, 0.5) is 13.2 Å². The second kappa shape index (κ2) is 7.84. The molecule has 0 radical (unpaired) electrons. The second-order valence-corrected chi connectivity index (χ2v) is 7.92. The van der Waals surface area contributed by atoms with Crippen molar-refractivity contribution < 1.29 is 22.7 Å². The van der Waals surface area contributed by atoms with E-state index < -0.39 is 11.7 Å². The first-order chi connectivity index (χ1) is 14.3. The van der Waals surface area contributed by atoms with Crippen LogP contribution in [0.25, 0.3) is 22.2 Å². The number of aromatic amines is 1. The summed E-state index contributed by atoms with van der Waals surface area (Å²) in [7, 11) is 0. The number of hydrogen-bond donors (Lipinski definition) is 1. The predicted molar refractivity (Wildman–Crippen MR) is 114 cm³/mol. The Labute approximate surface area is 183 Å². The van der Waals surface area contributed by atoms with Crippen LogP contribution < -0.4 is 0 Å². The molecule has 0 aliphatic carbocycles. The Morgan fingerprint density at radius 1 is 1.10 bits per heavy atom. The van der Waals surface area contributed by atoms with Gasteiger partial charge in [-0.3, -0.25) is 0 Å². The minimum atomic E-state index is -4.43. The average Bonchev–Trinajstić information content (AvgIpc) is 3.33. The first-order valence-electron chi connectivity index (χ1n) is 9.85. The van der Waals surface area contributed by atoms with Crippen LogP contribution in [0.2, 0.25) is 0 Å². The number of halogens is 4. The van der Waals surface area contributed by atoms with E-state index in [2.05, 4.69) is 15.1 Å². The van der Waals surface area contributed by atoms with E-state index >= 15 is 0 Å². The Morgan fingerprint density at radius 3 is 2.58 bits per heavy atom. The number of nitrogens with one attached hydrogen (secondary N) is 1. The third-order valence-electron chi connectivity index (χ3n) is 5.85. The molecule has 5 rings (SSSR count). The van der Waals surface area contributed by atoms with Crippen LogP contribution in [0.3, 0.4) is 0 Å². The molecule has 0 atom stereocenters. The van der Waals surface area contributed by atoms with Gasteiger partial charge in [-0.2, -0.15) is 13.2 Å². The molecule has 1 spiro atoms. The number of nitrogens with zero attached hydrogens (tertiary/aromatic N) is 2. The first kappa shape index (κ1) is 21.6. The van der Waals surface area contributed by atoms with Crippen molar-refractivity contribution in [1.82, 2.24) is 9.97 Å². The fourth-order valence-electron chi connectivity index (χ4n) is 4.22. The maximum atomic E-state index is 13.5. The molecular weight excluding hydrogens is 431 g/mol. The van der Waals surface area contributed by atoms with Crippen LogP contribution in [0.15, 0.2) is 41.6 Å². The van der Waals surface area contributed by atoms with Gasteiger partial charge < -0.3 is 14.6 Å². The lowest BCUT2D eigenvalue weighted by Crippen LogP contribution is -2.36. The SMILES string of the molecule is Cc1cc(-c2ccccc2C(F)(F)F)cc2nc(C3=NOC4(CCOCC4)C3)[nH]c12.Cl. The summed E-state index contributed by atoms with van der Waals surface area (Å²) in [5.74, 6) is 0.595. The number of alkyl halides is 3. The number of hydrogen-bond acceptors (Lipinski definition) is 4. The van der Waals surface area contributed by atoms with Gasteiger partial charge >= 0.3 is 6.18 Å². The topological polar surface area (TPSA) is 59.5 Å². The van der Waals surface area contributed by atoms with E-state index in [1.165, 1.54) is 12.1 Å². The Bertz CT molecular complexity index is 1150. The van der Waals surface area contributed by atoms with Gasteiger partial charge in [0.15, 0.2) is 5.82 Å². The highest BCUT2D eigenvalue weighted by Crippen LogP contribution is 2.39. The van der Waals surface area contributed by atoms with Crippen LogP contribution in [0.5, 0.6) is 0 Å². The molecule has 1 saturated heterocycles. The van der Waals surface area contributed by atoms with E-state index in [4.69, 9.17) is 9.57 Å². The van der Waals surface area contributed by atoms with E-state index in [0.29, 0.717) is 36.5 Å². The van der Waals surface area contributed by atoms with E-state index in [1.807, 2.05) is 6.92 Å². The van der Waals surface area contributed by atoms with Gasteiger partial charge in [-0.1, -0.05) is 23.4 Å². The number of fused-ring (bicyclic) bond motifs is 1. The van der Waals surface area contributed by atoms with Crippen molar-refractivity contribution in [1.29, 1.82) is 0 Å². The summed E-state index contributed by atoms with van der Waals surface area (Å²) < 4.78 is 45.8. The van der Waals surface area contributed by atoms with Crippen LogP contribution in [0, 0.1) is 6.92 Å². The number of rotatable bonds is 2. The van der Waals surface area contributed by atoms with E-state index in [9.17, 15) is 13.2 Å². The second-order valence-electron chi connectivity index (χ2n) is 7.92. The molecule has 2 aromatic carbocycles. The number of aromatic nitrogens is 2. The molecule has 1 aromatic heterocycles. The summed E-state index contributed by atoms with van der Waals surface area (Å²) in [5.41, 5.74) is 2.57. The largest absolute Gasteiger partial charge is 0.417 e. The summed E-state index contributed by atoms with van der Waals surface area (Å²) >= 11 is 0. The van der Waals surface area contributed by atoms with Gasteiger partial charge in [0, 0.05) is 19.3 Å². The summed E-state index contributed by atoms with van der Waals surface area (Å²) in [6.45, 7) is 3.14. The van der Waals surface area contributed by atoms with Gasteiger partial charge in [-0.05, 0) is 41.8 Å². The van der Waals surface area contributed by atoms with Gasteiger partial charge in [-0.25, -0.2) is 4.98 Å².